The van der Waals surface area contributed by atoms with Crippen LogP contribution in [0.3, 0.4) is 0 Å². The van der Waals surface area contributed by atoms with Crippen LogP contribution in [0, 0.1) is 17.3 Å². The number of aromatic nitrogens is 5. The van der Waals surface area contributed by atoms with E-state index >= 15 is 0 Å². The maximum atomic E-state index is 4.81. The summed E-state index contributed by atoms with van der Waals surface area (Å²) < 4.78 is 1.81. The van der Waals surface area contributed by atoms with Crippen molar-refractivity contribution in [2.24, 2.45) is 5.41 Å². The molecule has 0 aliphatic heterocycles. The average Bonchev–Trinajstić information content (AvgIpc) is 3.19. The Morgan fingerprint density at radius 2 is 1.80 bits per heavy atom. The number of fused-ring (bicyclic) bond motifs is 3. The Morgan fingerprint density at radius 1 is 1.00 bits per heavy atom. The van der Waals surface area contributed by atoms with Crippen molar-refractivity contribution in [2.75, 3.05) is 30.9 Å². The van der Waals surface area contributed by atoms with Crippen LogP contribution in [0.25, 0.3) is 16.8 Å². The van der Waals surface area contributed by atoms with Gasteiger partial charge in [0.25, 0.3) is 5.78 Å². The monoisotopic (exact) mass is 399 g/mol. The van der Waals surface area contributed by atoms with Gasteiger partial charge in [0.15, 0.2) is 5.65 Å². The summed E-state index contributed by atoms with van der Waals surface area (Å²) in [6.45, 7) is 6.32. The van der Waals surface area contributed by atoms with Crippen molar-refractivity contribution in [1.29, 1.82) is 0 Å². The number of hydrogen-bond donors (Lipinski definition) is 0. The van der Waals surface area contributed by atoms with Crippen molar-refractivity contribution in [2.45, 2.75) is 20.8 Å². The number of benzene rings is 1. The van der Waals surface area contributed by atoms with Crippen LogP contribution in [0.2, 0.25) is 0 Å². The van der Waals surface area contributed by atoms with Gasteiger partial charge in [0.2, 0.25) is 0 Å². The highest BCUT2D eigenvalue weighted by Gasteiger charge is 2.16. The number of rotatable bonds is 3. The fraction of sp³-hybridized carbons (Fsp3) is 0.304. The molecule has 1 aromatic carbocycles. The molecule has 0 unspecified atom stereocenters. The van der Waals surface area contributed by atoms with Crippen molar-refractivity contribution in [3.63, 3.8) is 0 Å². The van der Waals surface area contributed by atoms with E-state index in [1.165, 1.54) is 0 Å². The van der Waals surface area contributed by atoms with Gasteiger partial charge in [-0.05, 0) is 51.1 Å². The Labute approximate surface area is 176 Å². The van der Waals surface area contributed by atoms with Gasteiger partial charge in [-0.15, -0.1) is 10.2 Å². The van der Waals surface area contributed by atoms with E-state index in [0.29, 0.717) is 5.78 Å². The first kappa shape index (κ1) is 19.6. The minimum absolute atomic E-state index is 0.0474. The second-order valence-corrected chi connectivity index (χ2v) is 8.48. The summed E-state index contributed by atoms with van der Waals surface area (Å²) in [6, 6.07) is 12.2. The lowest BCUT2D eigenvalue weighted by atomic mass is 9.97. The van der Waals surface area contributed by atoms with Crippen LogP contribution in [0.4, 0.5) is 17.3 Å². The Kier molecular flexibility index (Phi) is 4.78. The molecule has 0 atom stereocenters. The van der Waals surface area contributed by atoms with Crippen molar-refractivity contribution in [1.82, 2.24) is 24.6 Å². The van der Waals surface area contributed by atoms with Gasteiger partial charge in [-0.2, -0.15) is 4.98 Å². The smallest absolute Gasteiger partial charge is 0.258 e. The van der Waals surface area contributed by atoms with Crippen LogP contribution in [0.1, 0.15) is 26.3 Å². The first-order valence-electron chi connectivity index (χ1n) is 9.78. The Bertz CT molecular complexity index is 1290. The lowest BCUT2D eigenvalue weighted by Gasteiger charge is -2.21. The molecule has 7 heteroatoms. The predicted molar refractivity (Wildman–Crippen MR) is 121 cm³/mol. The molecule has 3 heterocycles. The lowest BCUT2D eigenvalue weighted by molar-refractivity contribution is 0.571. The molecule has 0 aliphatic carbocycles. The molecule has 0 saturated carbocycles. The van der Waals surface area contributed by atoms with E-state index in [2.05, 4.69) is 48.9 Å². The minimum atomic E-state index is -0.0474. The molecule has 0 aliphatic rings. The van der Waals surface area contributed by atoms with Crippen LogP contribution < -0.4 is 9.80 Å². The van der Waals surface area contributed by atoms with Gasteiger partial charge >= 0.3 is 0 Å². The first-order valence-corrected chi connectivity index (χ1v) is 9.78. The van der Waals surface area contributed by atoms with Crippen molar-refractivity contribution in [3.05, 3.63) is 48.3 Å². The SMILES string of the molecule is CN(C)c1ccc2c(N(C)c3cccc(C#CC(C)(C)C)c3)nc3nncn3c2n1. The highest BCUT2D eigenvalue weighted by Crippen LogP contribution is 2.30. The van der Waals surface area contributed by atoms with E-state index in [0.717, 1.165) is 33.9 Å². The molecule has 0 bridgehead atoms. The minimum Gasteiger partial charge on any atom is -0.363 e. The summed E-state index contributed by atoms with van der Waals surface area (Å²) in [7, 11) is 5.93. The number of nitrogens with zero attached hydrogens (tertiary/aromatic N) is 7. The first-order chi connectivity index (χ1) is 14.2. The summed E-state index contributed by atoms with van der Waals surface area (Å²) in [5.41, 5.74) is 2.68. The molecular formula is C23H25N7. The third-order valence-electron chi connectivity index (χ3n) is 4.66. The van der Waals surface area contributed by atoms with Gasteiger partial charge in [-0.3, -0.25) is 0 Å². The van der Waals surface area contributed by atoms with Crippen LogP contribution in [0.5, 0.6) is 0 Å². The second-order valence-electron chi connectivity index (χ2n) is 8.48. The van der Waals surface area contributed by atoms with E-state index in [-0.39, 0.29) is 5.41 Å². The van der Waals surface area contributed by atoms with Gasteiger partial charge in [-0.25, -0.2) is 9.38 Å². The Morgan fingerprint density at radius 3 is 2.53 bits per heavy atom. The zero-order valence-electron chi connectivity index (χ0n) is 18.2. The topological polar surface area (TPSA) is 62.5 Å². The molecule has 0 N–H and O–H groups in total. The lowest BCUT2D eigenvalue weighted by Crippen LogP contribution is -2.15. The van der Waals surface area contributed by atoms with E-state index < -0.39 is 0 Å². The fourth-order valence-electron chi connectivity index (χ4n) is 3.09. The van der Waals surface area contributed by atoms with Gasteiger partial charge in [0.05, 0.1) is 5.39 Å². The van der Waals surface area contributed by atoms with Crippen molar-refractivity contribution in [3.8, 4) is 11.8 Å². The molecule has 4 aromatic rings. The summed E-state index contributed by atoms with van der Waals surface area (Å²) >= 11 is 0. The molecule has 0 fully saturated rings. The normalized spacial score (nSPS) is 11.4. The zero-order chi connectivity index (χ0) is 21.5. The van der Waals surface area contributed by atoms with E-state index in [9.17, 15) is 0 Å². The highest BCUT2D eigenvalue weighted by molar-refractivity contribution is 5.92. The second kappa shape index (κ2) is 7.30. The van der Waals surface area contributed by atoms with Crippen molar-refractivity contribution >= 4 is 34.1 Å². The maximum Gasteiger partial charge on any atom is 0.258 e. The van der Waals surface area contributed by atoms with E-state index in [4.69, 9.17) is 9.97 Å². The molecule has 3 aromatic heterocycles. The zero-order valence-corrected chi connectivity index (χ0v) is 18.2. The molecular weight excluding hydrogens is 374 g/mol. The summed E-state index contributed by atoms with van der Waals surface area (Å²) in [6.07, 6.45) is 1.64. The van der Waals surface area contributed by atoms with Gasteiger partial charge in [0, 0.05) is 37.8 Å². The summed E-state index contributed by atoms with van der Waals surface area (Å²) in [4.78, 5) is 13.6. The molecule has 0 spiro atoms. The van der Waals surface area contributed by atoms with Crippen LogP contribution in [-0.4, -0.2) is 45.7 Å². The average molecular weight is 400 g/mol. The van der Waals surface area contributed by atoms with Crippen LogP contribution >= 0.6 is 0 Å². The quantitative estimate of drug-likeness (QED) is 0.487. The number of pyridine rings is 1. The number of hydrogen-bond acceptors (Lipinski definition) is 6. The van der Waals surface area contributed by atoms with Gasteiger partial charge in [-0.1, -0.05) is 17.9 Å². The highest BCUT2D eigenvalue weighted by atomic mass is 15.3. The van der Waals surface area contributed by atoms with Crippen molar-refractivity contribution < 1.29 is 0 Å². The Hall–Kier alpha value is -3.66. The van der Waals surface area contributed by atoms with Gasteiger partial charge in [0.1, 0.15) is 18.0 Å². The molecule has 7 nitrogen and oxygen atoms in total. The predicted octanol–water partition coefficient (Wildman–Crippen LogP) is 3.90. The largest absolute Gasteiger partial charge is 0.363 e. The summed E-state index contributed by atoms with van der Waals surface area (Å²) in [5, 5.41) is 9.09. The number of anilines is 3. The van der Waals surface area contributed by atoms with Crippen LogP contribution in [0.15, 0.2) is 42.7 Å². The summed E-state index contributed by atoms with van der Waals surface area (Å²) in [5.74, 6) is 8.70. The molecule has 0 amide bonds. The van der Waals surface area contributed by atoms with E-state index in [1.54, 1.807) is 6.33 Å². The standard InChI is InChI=1S/C23H25N7/c1-23(2,3)13-12-16-8-7-9-17(14-16)29(6)20-18-10-11-19(28(4)5)25-21(18)30-15-24-27-22(30)26-20/h7-11,14-15H,1-6H3. The molecule has 0 radical (unpaired) electrons. The molecule has 30 heavy (non-hydrogen) atoms. The third-order valence-corrected chi connectivity index (χ3v) is 4.66. The maximum absolute atomic E-state index is 4.81. The van der Waals surface area contributed by atoms with Gasteiger partial charge < -0.3 is 9.80 Å². The van der Waals surface area contributed by atoms with E-state index in [1.807, 2.05) is 65.7 Å². The van der Waals surface area contributed by atoms with Crippen LogP contribution in [-0.2, 0) is 0 Å². The fourth-order valence-corrected chi connectivity index (χ4v) is 3.09. The molecule has 152 valence electrons. The molecule has 4 rings (SSSR count). The molecule has 0 saturated heterocycles. The third kappa shape index (κ3) is 3.77. The Balaban J connectivity index is 1.85.